The molecule has 0 aromatic heterocycles. The fourth-order valence-corrected chi connectivity index (χ4v) is 2.18. The van der Waals surface area contributed by atoms with Gasteiger partial charge in [-0.05, 0) is 59.2 Å². The Morgan fingerprint density at radius 2 is 2.17 bits per heavy atom. The number of aromatic hydroxyl groups is 1. The van der Waals surface area contributed by atoms with Crippen LogP contribution in [0, 0.1) is 6.92 Å². The van der Waals surface area contributed by atoms with Crippen molar-refractivity contribution in [2.24, 2.45) is 0 Å². The summed E-state index contributed by atoms with van der Waals surface area (Å²) in [4.78, 5) is 11.3. The van der Waals surface area contributed by atoms with E-state index < -0.39 is 0 Å². The number of rotatable bonds is 3. The zero-order valence-corrected chi connectivity index (χ0v) is 12.6. The number of hydrogen-bond acceptors (Lipinski definition) is 3. The number of nitrogens with one attached hydrogen (secondary N) is 2. The Morgan fingerprint density at radius 1 is 1.50 bits per heavy atom. The summed E-state index contributed by atoms with van der Waals surface area (Å²) in [7, 11) is 0. The van der Waals surface area contributed by atoms with Crippen LogP contribution >= 0.6 is 28.1 Å². The van der Waals surface area contributed by atoms with E-state index in [2.05, 4.69) is 26.6 Å². The Labute approximate surface area is 120 Å². The highest BCUT2D eigenvalue weighted by Crippen LogP contribution is 2.30. The van der Waals surface area contributed by atoms with Gasteiger partial charge in [0.2, 0.25) is 5.91 Å². The summed E-state index contributed by atoms with van der Waals surface area (Å²) in [5, 5.41) is 15.3. The van der Waals surface area contributed by atoms with Gasteiger partial charge >= 0.3 is 0 Å². The van der Waals surface area contributed by atoms with Crippen LogP contribution in [0.3, 0.4) is 0 Å². The third-order valence-electron chi connectivity index (χ3n) is 2.24. The standard InChI is InChI=1S/C12H15BrN2O2S/c1-3-4-10(16)15-12(18)14-8-5-7(2)11(17)9(13)6-8/h5-6,17H,3-4H2,1-2H3,(H2,14,15,16,18). The monoisotopic (exact) mass is 330 g/mol. The third kappa shape index (κ3) is 4.27. The number of thiocarbonyl (C=S) groups is 1. The van der Waals surface area contributed by atoms with Crippen molar-refractivity contribution in [1.29, 1.82) is 0 Å². The Hall–Kier alpha value is -1.14. The number of halogens is 1. The Bertz CT molecular complexity index is 454. The van der Waals surface area contributed by atoms with E-state index in [4.69, 9.17) is 12.2 Å². The fraction of sp³-hybridized carbons (Fsp3) is 0.333. The quantitative estimate of drug-likeness (QED) is 0.588. The second-order valence-corrected chi connectivity index (χ2v) is 5.14. The molecular weight excluding hydrogens is 316 g/mol. The highest BCUT2D eigenvalue weighted by molar-refractivity contribution is 9.10. The van der Waals surface area contributed by atoms with E-state index in [9.17, 15) is 9.90 Å². The first-order chi connectivity index (χ1) is 8.43. The number of aryl methyl sites for hydroxylation is 1. The van der Waals surface area contributed by atoms with Crippen molar-refractivity contribution in [1.82, 2.24) is 5.32 Å². The van der Waals surface area contributed by atoms with Gasteiger partial charge in [-0.15, -0.1) is 0 Å². The van der Waals surface area contributed by atoms with E-state index in [1.807, 2.05) is 6.92 Å². The van der Waals surface area contributed by atoms with Crippen LogP contribution < -0.4 is 10.6 Å². The van der Waals surface area contributed by atoms with Crippen LogP contribution in [0.5, 0.6) is 5.75 Å². The van der Waals surface area contributed by atoms with Crippen molar-refractivity contribution in [2.75, 3.05) is 5.32 Å². The number of anilines is 1. The highest BCUT2D eigenvalue weighted by atomic mass is 79.9. The van der Waals surface area contributed by atoms with E-state index in [0.29, 0.717) is 16.6 Å². The summed E-state index contributed by atoms with van der Waals surface area (Å²) in [5.41, 5.74) is 1.42. The van der Waals surface area contributed by atoms with Gasteiger partial charge < -0.3 is 15.7 Å². The van der Waals surface area contributed by atoms with E-state index in [1.54, 1.807) is 19.1 Å². The van der Waals surface area contributed by atoms with Gasteiger partial charge in [-0.1, -0.05) is 6.92 Å². The SMILES string of the molecule is CCCC(=O)NC(=S)Nc1cc(C)c(O)c(Br)c1. The molecule has 1 aromatic rings. The second kappa shape index (κ2) is 6.70. The van der Waals surface area contributed by atoms with E-state index in [1.165, 1.54) is 0 Å². The molecule has 1 aromatic carbocycles. The van der Waals surface area contributed by atoms with Crippen LogP contribution in [0.4, 0.5) is 5.69 Å². The summed E-state index contributed by atoms with van der Waals surface area (Å²) < 4.78 is 0.577. The molecule has 0 aliphatic rings. The number of amides is 1. The lowest BCUT2D eigenvalue weighted by atomic mass is 10.2. The van der Waals surface area contributed by atoms with Crippen molar-refractivity contribution in [3.05, 3.63) is 22.2 Å². The molecule has 0 saturated carbocycles. The van der Waals surface area contributed by atoms with E-state index >= 15 is 0 Å². The number of phenols is 1. The van der Waals surface area contributed by atoms with Gasteiger partial charge in [-0.25, -0.2) is 0 Å². The Morgan fingerprint density at radius 3 is 2.72 bits per heavy atom. The first-order valence-electron chi connectivity index (χ1n) is 5.54. The summed E-state index contributed by atoms with van der Waals surface area (Å²) in [6.45, 7) is 3.71. The van der Waals surface area contributed by atoms with Crippen molar-refractivity contribution >= 4 is 44.9 Å². The summed E-state index contributed by atoms with van der Waals surface area (Å²) in [6.07, 6.45) is 1.22. The van der Waals surface area contributed by atoms with Crippen LogP contribution in [0.15, 0.2) is 16.6 Å². The Kier molecular flexibility index (Phi) is 5.55. The number of carbonyl (C=O) groups is 1. The maximum absolute atomic E-state index is 11.3. The van der Waals surface area contributed by atoms with Gasteiger partial charge in [-0.2, -0.15) is 0 Å². The Balaban J connectivity index is 2.68. The zero-order valence-electron chi connectivity index (χ0n) is 10.2. The van der Waals surface area contributed by atoms with Gasteiger partial charge in [0.25, 0.3) is 0 Å². The predicted octanol–water partition coefficient (Wildman–Crippen LogP) is 3.08. The van der Waals surface area contributed by atoms with Crippen LogP contribution in [-0.2, 0) is 4.79 Å². The molecule has 6 heteroatoms. The molecule has 0 spiro atoms. The molecule has 0 atom stereocenters. The first kappa shape index (κ1) is 14.9. The molecule has 0 heterocycles. The molecule has 0 bridgehead atoms. The molecule has 1 amide bonds. The van der Waals surface area contributed by atoms with E-state index in [0.717, 1.165) is 12.0 Å². The molecule has 1 rings (SSSR count). The lowest BCUT2D eigenvalue weighted by molar-refractivity contribution is -0.119. The normalized spacial score (nSPS) is 9.94. The van der Waals surface area contributed by atoms with Gasteiger partial charge in [0.1, 0.15) is 5.75 Å². The summed E-state index contributed by atoms with van der Waals surface area (Å²) in [6, 6.07) is 3.44. The van der Waals surface area contributed by atoms with Crippen molar-refractivity contribution in [3.63, 3.8) is 0 Å². The molecule has 4 nitrogen and oxygen atoms in total. The largest absolute Gasteiger partial charge is 0.506 e. The van der Waals surface area contributed by atoms with Crippen LogP contribution in [0.1, 0.15) is 25.3 Å². The number of carbonyl (C=O) groups excluding carboxylic acids is 1. The van der Waals surface area contributed by atoms with Crippen LogP contribution in [0.25, 0.3) is 0 Å². The maximum Gasteiger partial charge on any atom is 0.226 e. The number of benzene rings is 1. The second-order valence-electron chi connectivity index (χ2n) is 3.88. The molecule has 18 heavy (non-hydrogen) atoms. The molecule has 0 aliphatic heterocycles. The lowest BCUT2D eigenvalue weighted by Crippen LogP contribution is -2.33. The molecule has 3 N–H and O–H groups in total. The van der Waals surface area contributed by atoms with Crippen LogP contribution in [-0.4, -0.2) is 16.1 Å². The molecular formula is C12H15BrN2O2S. The summed E-state index contributed by atoms with van der Waals surface area (Å²) in [5.74, 6) is 0.0889. The highest BCUT2D eigenvalue weighted by Gasteiger charge is 2.07. The fourth-order valence-electron chi connectivity index (χ4n) is 1.39. The molecule has 0 aliphatic carbocycles. The zero-order chi connectivity index (χ0) is 13.7. The van der Waals surface area contributed by atoms with Gasteiger partial charge in [0.15, 0.2) is 5.11 Å². The van der Waals surface area contributed by atoms with Gasteiger partial charge in [0, 0.05) is 12.1 Å². The summed E-state index contributed by atoms with van der Waals surface area (Å²) >= 11 is 8.27. The van der Waals surface area contributed by atoms with Crippen molar-refractivity contribution in [3.8, 4) is 5.75 Å². The van der Waals surface area contributed by atoms with Crippen molar-refractivity contribution in [2.45, 2.75) is 26.7 Å². The van der Waals surface area contributed by atoms with Crippen molar-refractivity contribution < 1.29 is 9.90 Å². The average molecular weight is 331 g/mol. The average Bonchev–Trinajstić information content (AvgIpc) is 2.25. The number of phenolic OH excluding ortho intramolecular Hbond substituents is 1. The molecule has 0 radical (unpaired) electrons. The minimum atomic E-state index is -0.107. The minimum Gasteiger partial charge on any atom is -0.506 e. The lowest BCUT2D eigenvalue weighted by Gasteiger charge is -2.11. The minimum absolute atomic E-state index is 0.107. The number of hydrogen-bond donors (Lipinski definition) is 3. The van der Waals surface area contributed by atoms with Crippen LogP contribution in [0.2, 0.25) is 0 Å². The third-order valence-corrected chi connectivity index (χ3v) is 3.05. The van der Waals surface area contributed by atoms with Gasteiger partial charge in [-0.3, -0.25) is 4.79 Å². The van der Waals surface area contributed by atoms with E-state index in [-0.39, 0.29) is 16.8 Å². The topological polar surface area (TPSA) is 61.4 Å². The molecule has 98 valence electrons. The van der Waals surface area contributed by atoms with Gasteiger partial charge in [0.05, 0.1) is 4.47 Å². The smallest absolute Gasteiger partial charge is 0.226 e. The molecule has 0 unspecified atom stereocenters. The first-order valence-corrected chi connectivity index (χ1v) is 6.74. The molecule has 0 saturated heterocycles. The molecule has 0 fully saturated rings. The predicted molar refractivity (Wildman–Crippen MR) is 79.8 cm³/mol. The maximum atomic E-state index is 11.3.